The number of carbonyl (C=O) groups excluding carboxylic acids is 2. The molecule has 0 aliphatic carbocycles. The Morgan fingerprint density at radius 1 is 1.20 bits per heavy atom. The quantitative estimate of drug-likeness (QED) is 0.800. The Morgan fingerprint density at radius 2 is 1.80 bits per heavy atom. The van der Waals surface area contributed by atoms with E-state index < -0.39 is 0 Å². The maximum absolute atomic E-state index is 12.0. The van der Waals surface area contributed by atoms with Crippen molar-refractivity contribution in [2.24, 2.45) is 0 Å². The van der Waals surface area contributed by atoms with Crippen LogP contribution in [0, 0.1) is 0 Å². The molecule has 1 heterocycles. The lowest BCUT2D eigenvalue weighted by Crippen LogP contribution is -2.39. The van der Waals surface area contributed by atoms with Crippen molar-refractivity contribution in [2.45, 2.75) is 37.5 Å². The van der Waals surface area contributed by atoms with Crippen LogP contribution < -0.4 is 0 Å². The zero-order valence-electron chi connectivity index (χ0n) is 12.1. The molecule has 1 aliphatic rings. The lowest BCUT2D eigenvalue weighted by atomic mass is 10.0. The Morgan fingerprint density at radius 3 is 2.35 bits per heavy atom. The number of rotatable bonds is 4. The third-order valence-electron chi connectivity index (χ3n) is 3.58. The second-order valence-electron chi connectivity index (χ2n) is 5.43. The van der Waals surface area contributed by atoms with Crippen LogP contribution in [-0.4, -0.2) is 35.4 Å². The van der Waals surface area contributed by atoms with E-state index >= 15 is 0 Å². The molecule has 0 atom stereocenters. The Kier molecular flexibility index (Phi) is 5.24. The molecule has 1 amide bonds. The first-order valence-electron chi connectivity index (χ1n) is 7.08. The number of benzene rings is 1. The molecule has 1 saturated heterocycles. The Bertz CT molecular complexity index is 472. The second-order valence-corrected chi connectivity index (χ2v) is 6.48. The molecule has 0 radical (unpaired) electrons. The Labute approximate surface area is 124 Å². The van der Waals surface area contributed by atoms with E-state index in [-0.39, 0.29) is 11.7 Å². The van der Waals surface area contributed by atoms with Gasteiger partial charge in [-0.1, -0.05) is 26.0 Å². The van der Waals surface area contributed by atoms with Gasteiger partial charge in [0.15, 0.2) is 0 Å². The molecule has 1 aromatic carbocycles. The van der Waals surface area contributed by atoms with E-state index in [0.29, 0.717) is 37.6 Å². The highest BCUT2D eigenvalue weighted by Gasteiger charge is 2.20. The molecule has 0 saturated carbocycles. The van der Waals surface area contributed by atoms with Crippen LogP contribution in [0.3, 0.4) is 0 Å². The predicted molar refractivity (Wildman–Crippen MR) is 82.1 cm³/mol. The van der Waals surface area contributed by atoms with Crippen molar-refractivity contribution in [1.29, 1.82) is 0 Å². The molecular formula is C16H21NO2S. The Balaban J connectivity index is 1.82. The number of ketones is 1. The Hall–Kier alpha value is -1.29. The van der Waals surface area contributed by atoms with E-state index in [0.717, 1.165) is 4.90 Å². The van der Waals surface area contributed by atoms with E-state index in [1.165, 1.54) is 5.56 Å². The van der Waals surface area contributed by atoms with Crippen LogP contribution in [0.2, 0.25) is 0 Å². The zero-order valence-corrected chi connectivity index (χ0v) is 12.9. The first kappa shape index (κ1) is 15.1. The largest absolute Gasteiger partial charge is 0.341 e. The van der Waals surface area contributed by atoms with E-state index in [4.69, 9.17) is 0 Å². The number of carbonyl (C=O) groups is 2. The fraction of sp³-hybridized carbons (Fsp3) is 0.500. The van der Waals surface area contributed by atoms with Gasteiger partial charge in [0, 0.05) is 30.8 Å². The van der Waals surface area contributed by atoms with Crippen molar-refractivity contribution in [1.82, 2.24) is 4.90 Å². The van der Waals surface area contributed by atoms with Gasteiger partial charge < -0.3 is 4.90 Å². The minimum Gasteiger partial charge on any atom is -0.341 e. The first-order valence-corrected chi connectivity index (χ1v) is 8.07. The highest BCUT2D eigenvalue weighted by atomic mass is 32.2. The zero-order chi connectivity index (χ0) is 14.5. The molecule has 1 aromatic rings. The van der Waals surface area contributed by atoms with Crippen LogP contribution >= 0.6 is 11.8 Å². The summed E-state index contributed by atoms with van der Waals surface area (Å²) in [5.74, 6) is 1.39. The van der Waals surface area contributed by atoms with Gasteiger partial charge in [-0.25, -0.2) is 0 Å². The third-order valence-corrected chi connectivity index (χ3v) is 4.58. The van der Waals surface area contributed by atoms with Crippen molar-refractivity contribution >= 4 is 23.5 Å². The smallest absolute Gasteiger partial charge is 0.232 e. The summed E-state index contributed by atoms with van der Waals surface area (Å²) in [7, 11) is 0. The number of likely N-dealkylation sites (tertiary alicyclic amines) is 1. The maximum atomic E-state index is 12.0. The van der Waals surface area contributed by atoms with Crippen molar-refractivity contribution in [3.8, 4) is 0 Å². The van der Waals surface area contributed by atoms with Crippen LogP contribution in [-0.2, 0) is 9.59 Å². The summed E-state index contributed by atoms with van der Waals surface area (Å²) in [6.45, 7) is 5.52. The monoisotopic (exact) mass is 291 g/mol. The molecule has 1 aliphatic heterocycles. The molecule has 0 spiro atoms. The molecule has 1 fully saturated rings. The van der Waals surface area contributed by atoms with Crippen LogP contribution in [0.4, 0.5) is 0 Å². The molecule has 3 nitrogen and oxygen atoms in total. The maximum Gasteiger partial charge on any atom is 0.232 e. The van der Waals surface area contributed by atoms with Crippen LogP contribution in [0.25, 0.3) is 0 Å². The summed E-state index contributed by atoms with van der Waals surface area (Å²) in [4.78, 5) is 26.1. The summed E-state index contributed by atoms with van der Waals surface area (Å²) in [5, 5.41) is 0. The van der Waals surface area contributed by atoms with Gasteiger partial charge in [-0.3, -0.25) is 9.59 Å². The molecule has 0 unspecified atom stereocenters. The van der Waals surface area contributed by atoms with Crippen LogP contribution in [0.15, 0.2) is 29.2 Å². The number of nitrogens with zero attached hydrogens (tertiary/aromatic N) is 1. The van der Waals surface area contributed by atoms with Crippen molar-refractivity contribution < 1.29 is 9.59 Å². The lowest BCUT2D eigenvalue weighted by Gasteiger charge is -2.25. The highest BCUT2D eigenvalue weighted by Crippen LogP contribution is 2.22. The SMILES string of the molecule is CC(C)c1ccc(SCC(=O)N2CCC(=O)CC2)cc1. The van der Waals surface area contributed by atoms with Gasteiger partial charge >= 0.3 is 0 Å². The minimum atomic E-state index is 0.135. The van der Waals surface area contributed by atoms with Gasteiger partial charge in [0.05, 0.1) is 5.75 Å². The summed E-state index contributed by atoms with van der Waals surface area (Å²) < 4.78 is 0. The summed E-state index contributed by atoms with van der Waals surface area (Å²) in [6.07, 6.45) is 1.03. The van der Waals surface area contributed by atoms with Crippen LogP contribution in [0.5, 0.6) is 0 Å². The summed E-state index contributed by atoms with van der Waals surface area (Å²) >= 11 is 1.57. The van der Waals surface area contributed by atoms with Gasteiger partial charge in [0.1, 0.15) is 5.78 Å². The molecular weight excluding hydrogens is 270 g/mol. The number of Topliss-reactive ketones (excluding diaryl/α,β-unsaturated/α-hetero) is 1. The van der Waals surface area contributed by atoms with Gasteiger partial charge in [-0.05, 0) is 23.6 Å². The third kappa shape index (κ3) is 4.10. The van der Waals surface area contributed by atoms with Crippen molar-refractivity contribution in [2.75, 3.05) is 18.8 Å². The van der Waals surface area contributed by atoms with E-state index in [2.05, 4.69) is 38.1 Å². The molecule has 20 heavy (non-hydrogen) atoms. The number of piperidine rings is 1. The number of hydrogen-bond acceptors (Lipinski definition) is 3. The van der Waals surface area contributed by atoms with Crippen molar-refractivity contribution in [3.05, 3.63) is 29.8 Å². The molecule has 2 rings (SSSR count). The summed E-state index contributed by atoms with van der Waals surface area (Å²) in [6, 6.07) is 8.40. The first-order chi connectivity index (χ1) is 9.56. The molecule has 0 aromatic heterocycles. The van der Waals surface area contributed by atoms with E-state index in [1.807, 2.05) is 0 Å². The number of thioether (sulfide) groups is 1. The highest BCUT2D eigenvalue weighted by molar-refractivity contribution is 8.00. The number of amides is 1. The fourth-order valence-electron chi connectivity index (χ4n) is 2.19. The number of hydrogen-bond donors (Lipinski definition) is 0. The average molecular weight is 291 g/mol. The summed E-state index contributed by atoms with van der Waals surface area (Å²) in [5.41, 5.74) is 1.32. The average Bonchev–Trinajstić information content (AvgIpc) is 2.46. The molecule has 0 bridgehead atoms. The van der Waals surface area contributed by atoms with Crippen molar-refractivity contribution in [3.63, 3.8) is 0 Å². The topological polar surface area (TPSA) is 37.4 Å². The predicted octanol–water partition coefficient (Wildman–Crippen LogP) is 3.09. The van der Waals surface area contributed by atoms with E-state index in [9.17, 15) is 9.59 Å². The van der Waals surface area contributed by atoms with Gasteiger partial charge in [0.25, 0.3) is 0 Å². The minimum absolute atomic E-state index is 0.135. The van der Waals surface area contributed by atoms with Crippen LogP contribution in [0.1, 0.15) is 38.2 Å². The lowest BCUT2D eigenvalue weighted by molar-refractivity contribution is -0.132. The van der Waals surface area contributed by atoms with Gasteiger partial charge in [-0.2, -0.15) is 0 Å². The fourth-order valence-corrected chi connectivity index (χ4v) is 2.99. The normalized spacial score (nSPS) is 15.8. The molecule has 108 valence electrons. The van der Waals surface area contributed by atoms with E-state index in [1.54, 1.807) is 16.7 Å². The second kappa shape index (κ2) is 6.93. The van der Waals surface area contributed by atoms with Gasteiger partial charge in [-0.15, -0.1) is 11.8 Å². The standard InChI is InChI=1S/C16H21NO2S/c1-12(2)13-3-5-15(6-4-13)20-11-16(19)17-9-7-14(18)8-10-17/h3-6,12H,7-11H2,1-2H3. The molecule has 0 N–H and O–H groups in total. The molecule has 4 heteroatoms. The van der Waals surface area contributed by atoms with Gasteiger partial charge in [0.2, 0.25) is 5.91 Å².